The number of carbonyl (C=O) groups excluding carboxylic acids is 1. The Kier molecular flexibility index (Phi) is 5.65. The van der Waals surface area contributed by atoms with E-state index in [0.29, 0.717) is 17.5 Å². The van der Waals surface area contributed by atoms with Gasteiger partial charge in [0.15, 0.2) is 0 Å². The molecule has 2 heteroatoms. The van der Waals surface area contributed by atoms with E-state index in [9.17, 15) is 4.79 Å². The van der Waals surface area contributed by atoms with Crippen molar-refractivity contribution in [3.63, 3.8) is 0 Å². The maximum absolute atomic E-state index is 11.1. The Labute approximate surface area is 73.9 Å². The van der Waals surface area contributed by atoms with Crippen molar-refractivity contribution in [2.45, 2.75) is 51.0 Å². The smallest absolute Gasteiger partial charge is 0.145 e. The fourth-order valence-corrected chi connectivity index (χ4v) is 2.02. The van der Waals surface area contributed by atoms with E-state index in [1.807, 2.05) is 13.8 Å². The highest BCUT2D eigenvalue weighted by molar-refractivity contribution is 8.01. The molecule has 0 spiro atoms. The average Bonchev–Trinajstić information content (AvgIpc) is 2.02. The van der Waals surface area contributed by atoms with Gasteiger partial charge >= 0.3 is 0 Å². The van der Waals surface area contributed by atoms with Gasteiger partial charge in [0.05, 0.1) is 5.25 Å². The summed E-state index contributed by atoms with van der Waals surface area (Å²) < 4.78 is 0. The second-order valence-electron chi connectivity index (χ2n) is 2.82. The summed E-state index contributed by atoms with van der Waals surface area (Å²) in [5.74, 6) is 0.371. The molecule has 0 heterocycles. The van der Waals surface area contributed by atoms with Gasteiger partial charge in [-0.15, -0.1) is 11.8 Å². The third kappa shape index (κ3) is 4.46. The number of carbonyl (C=O) groups is 1. The van der Waals surface area contributed by atoms with E-state index < -0.39 is 0 Å². The Bertz CT molecular complexity index is 123. The van der Waals surface area contributed by atoms with Crippen molar-refractivity contribution >= 4 is 17.5 Å². The topological polar surface area (TPSA) is 17.1 Å². The van der Waals surface area contributed by atoms with E-state index in [0.717, 1.165) is 6.42 Å². The maximum Gasteiger partial charge on any atom is 0.145 e. The number of Topliss-reactive ketones (excluding diaryl/α,β-unsaturated/α-hetero) is 1. The second kappa shape index (κ2) is 5.64. The summed E-state index contributed by atoms with van der Waals surface area (Å²) in [5, 5.41) is 0.801. The van der Waals surface area contributed by atoms with Crippen LogP contribution in [0.4, 0.5) is 0 Å². The molecule has 0 saturated carbocycles. The molecule has 66 valence electrons. The van der Waals surface area contributed by atoms with Gasteiger partial charge in [-0.05, 0) is 13.3 Å². The maximum atomic E-state index is 11.1. The van der Waals surface area contributed by atoms with Crippen molar-refractivity contribution in [1.82, 2.24) is 0 Å². The van der Waals surface area contributed by atoms with Crippen molar-refractivity contribution in [3.8, 4) is 0 Å². The van der Waals surface area contributed by atoms with E-state index in [1.165, 1.54) is 0 Å². The molecule has 1 nitrogen and oxygen atoms in total. The Morgan fingerprint density at radius 3 is 2.27 bits per heavy atom. The lowest BCUT2D eigenvalue weighted by Crippen LogP contribution is -2.14. The molecule has 2 atom stereocenters. The molecule has 0 radical (unpaired) electrons. The third-order valence-electron chi connectivity index (χ3n) is 1.81. The van der Waals surface area contributed by atoms with Crippen LogP contribution in [0.25, 0.3) is 0 Å². The zero-order valence-electron chi connectivity index (χ0n) is 7.89. The Balaban J connectivity index is 3.67. The van der Waals surface area contributed by atoms with E-state index in [2.05, 4.69) is 13.8 Å². The van der Waals surface area contributed by atoms with Crippen molar-refractivity contribution in [1.29, 1.82) is 0 Å². The van der Waals surface area contributed by atoms with E-state index in [4.69, 9.17) is 0 Å². The average molecular weight is 174 g/mol. The molecule has 11 heavy (non-hydrogen) atoms. The molecule has 0 fully saturated rings. The highest BCUT2D eigenvalue weighted by atomic mass is 32.2. The van der Waals surface area contributed by atoms with Gasteiger partial charge in [0.25, 0.3) is 0 Å². The SMILES string of the molecule is CCC(=O)C(C)SC(C)CC. The molecule has 0 saturated heterocycles. The molecule has 0 bridgehead atoms. The summed E-state index contributed by atoms with van der Waals surface area (Å²) in [4.78, 5) is 11.1. The molecule has 2 unspecified atom stereocenters. The third-order valence-corrected chi connectivity index (χ3v) is 3.28. The van der Waals surface area contributed by atoms with Crippen LogP contribution in [-0.2, 0) is 4.79 Å². The van der Waals surface area contributed by atoms with Crippen LogP contribution in [0, 0.1) is 0 Å². The monoisotopic (exact) mass is 174 g/mol. The summed E-state index contributed by atoms with van der Waals surface area (Å²) in [6.45, 7) is 8.25. The zero-order chi connectivity index (χ0) is 8.85. The summed E-state index contributed by atoms with van der Waals surface area (Å²) >= 11 is 1.78. The van der Waals surface area contributed by atoms with Crippen LogP contribution < -0.4 is 0 Å². The summed E-state index contributed by atoms with van der Waals surface area (Å²) in [5.41, 5.74) is 0. The zero-order valence-corrected chi connectivity index (χ0v) is 8.70. The molecular formula is C9H18OS. The first kappa shape index (κ1) is 11.0. The van der Waals surface area contributed by atoms with Crippen LogP contribution >= 0.6 is 11.8 Å². The van der Waals surface area contributed by atoms with Crippen LogP contribution in [0.5, 0.6) is 0 Å². The molecule has 0 rings (SSSR count). The van der Waals surface area contributed by atoms with Crippen molar-refractivity contribution in [2.24, 2.45) is 0 Å². The number of ketones is 1. The van der Waals surface area contributed by atoms with Gasteiger partial charge < -0.3 is 0 Å². The number of rotatable bonds is 5. The van der Waals surface area contributed by atoms with Gasteiger partial charge in [-0.1, -0.05) is 20.8 Å². The molecule has 0 aliphatic rings. The molecule has 0 amide bonds. The van der Waals surface area contributed by atoms with E-state index in [1.54, 1.807) is 11.8 Å². The van der Waals surface area contributed by atoms with Crippen LogP contribution in [0.15, 0.2) is 0 Å². The van der Waals surface area contributed by atoms with Crippen molar-refractivity contribution in [3.05, 3.63) is 0 Å². The lowest BCUT2D eigenvalue weighted by Gasteiger charge is -2.13. The first-order chi connectivity index (χ1) is 5.11. The van der Waals surface area contributed by atoms with Gasteiger partial charge in [-0.2, -0.15) is 0 Å². The molecule has 0 aromatic heterocycles. The second-order valence-corrected chi connectivity index (χ2v) is 4.60. The fourth-order valence-electron chi connectivity index (χ4n) is 0.808. The summed E-state index contributed by atoms with van der Waals surface area (Å²) in [6.07, 6.45) is 1.82. The van der Waals surface area contributed by atoms with E-state index in [-0.39, 0.29) is 5.25 Å². The first-order valence-corrected chi connectivity index (χ1v) is 5.24. The highest BCUT2D eigenvalue weighted by Gasteiger charge is 2.13. The predicted octanol–water partition coefficient (Wildman–Crippen LogP) is 2.89. The van der Waals surface area contributed by atoms with Gasteiger partial charge in [-0.3, -0.25) is 4.79 Å². The Morgan fingerprint density at radius 2 is 1.91 bits per heavy atom. The summed E-state index contributed by atoms with van der Waals surface area (Å²) in [7, 11) is 0. The lowest BCUT2D eigenvalue weighted by molar-refractivity contribution is -0.118. The van der Waals surface area contributed by atoms with Gasteiger partial charge in [0.2, 0.25) is 0 Å². The number of hydrogen-bond donors (Lipinski definition) is 0. The summed E-state index contributed by atoms with van der Waals surface area (Å²) in [6, 6.07) is 0. The van der Waals surface area contributed by atoms with Gasteiger partial charge in [0, 0.05) is 11.7 Å². The van der Waals surface area contributed by atoms with E-state index >= 15 is 0 Å². The molecular weight excluding hydrogens is 156 g/mol. The van der Waals surface area contributed by atoms with Crippen LogP contribution in [0.1, 0.15) is 40.5 Å². The standard InChI is InChI=1S/C9H18OS/c1-5-7(3)11-8(4)9(10)6-2/h7-8H,5-6H2,1-4H3. The predicted molar refractivity (Wildman–Crippen MR) is 52.1 cm³/mol. The normalized spacial score (nSPS) is 16.0. The van der Waals surface area contributed by atoms with Crippen LogP contribution in [0.3, 0.4) is 0 Å². The quantitative estimate of drug-likeness (QED) is 0.637. The molecule has 0 aliphatic carbocycles. The number of hydrogen-bond acceptors (Lipinski definition) is 2. The van der Waals surface area contributed by atoms with Gasteiger partial charge in [0.1, 0.15) is 5.78 Å². The van der Waals surface area contributed by atoms with Gasteiger partial charge in [-0.25, -0.2) is 0 Å². The molecule has 0 aromatic carbocycles. The Hall–Kier alpha value is 0.0200. The fraction of sp³-hybridized carbons (Fsp3) is 0.889. The molecule has 0 aliphatic heterocycles. The minimum Gasteiger partial charge on any atom is -0.298 e. The largest absolute Gasteiger partial charge is 0.298 e. The first-order valence-electron chi connectivity index (χ1n) is 4.29. The minimum absolute atomic E-state index is 0.190. The molecule has 0 N–H and O–H groups in total. The van der Waals surface area contributed by atoms with Crippen LogP contribution in [0.2, 0.25) is 0 Å². The van der Waals surface area contributed by atoms with Crippen molar-refractivity contribution in [2.75, 3.05) is 0 Å². The highest BCUT2D eigenvalue weighted by Crippen LogP contribution is 2.20. The van der Waals surface area contributed by atoms with Crippen LogP contribution in [-0.4, -0.2) is 16.3 Å². The number of thioether (sulfide) groups is 1. The Morgan fingerprint density at radius 1 is 1.36 bits per heavy atom. The minimum atomic E-state index is 0.190. The molecule has 0 aromatic rings. The van der Waals surface area contributed by atoms with Crippen molar-refractivity contribution < 1.29 is 4.79 Å². The lowest BCUT2D eigenvalue weighted by atomic mass is 10.2.